The zero-order valence-electron chi connectivity index (χ0n) is 5.26. The second-order valence-corrected chi connectivity index (χ2v) is 2.55. The van der Waals surface area contributed by atoms with Crippen molar-refractivity contribution in [1.29, 1.82) is 0 Å². The zero-order valence-corrected chi connectivity index (χ0v) is 5.26. The normalized spacial score (nSPS) is 36.8. The number of hydrogen-bond acceptors (Lipinski definition) is 2. The highest BCUT2D eigenvalue weighted by atomic mass is 16.5. The van der Waals surface area contributed by atoms with Gasteiger partial charge >= 0.3 is 0 Å². The summed E-state index contributed by atoms with van der Waals surface area (Å²) in [6, 6.07) is 0.468. The molecule has 0 heterocycles. The van der Waals surface area contributed by atoms with Gasteiger partial charge in [-0.1, -0.05) is 0 Å². The maximum absolute atomic E-state index is 5.54. The molecule has 1 fully saturated rings. The van der Waals surface area contributed by atoms with E-state index in [0.29, 0.717) is 6.04 Å². The number of methoxy groups -OCH3 is 1. The van der Waals surface area contributed by atoms with Gasteiger partial charge in [-0.3, -0.25) is 0 Å². The second kappa shape index (κ2) is 2.46. The van der Waals surface area contributed by atoms with E-state index in [2.05, 4.69) is 0 Å². The van der Waals surface area contributed by atoms with Gasteiger partial charge in [-0.25, -0.2) is 0 Å². The second-order valence-electron chi connectivity index (χ2n) is 2.55. The number of rotatable bonds is 2. The van der Waals surface area contributed by atoms with E-state index in [-0.39, 0.29) is 0 Å². The van der Waals surface area contributed by atoms with E-state index in [1.54, 1.807) is 7.11 Å². The molecular formula is C6H13NO. The molecule has 2 N–H and O–H groups in total. The highest BCUT2D eigenvalue weighted by molar-refractivity contribution is 4.81. The van der Waals surface area contributed by atoms with Crippen LogP contribution in [0.1, 0.15) is 12.8 Å². The molecule has 0 aromatic rings. The van der Waals surface area contributed by atoms with Crippen molar-refractivity contribution >= 4 is 0 Å². The van der Waals surface area contributed by atoms with Crippen molar-refractivity contribution in [2.45, 2.75) is 18.9 Å². The summed E-state index contributed by atoms with van der Waals surface area (Å²) in [6.07, 6.45) is 2.32. The third kappa shape index (κ3) is 1.20. The van der Waals surface area contributed by atoms with Crippen LogP contribution in [0.3, 0.4) is 0 Å². The summed E-state index contributed by atoms with van der Waals surface area (Å²) in [6.45, 7) is 0.897. The Hall–Kier alpha value is -0.0800. The molecule has 0 spiro atoms. The molecule has 48 valence electrons. The van der Waals surface area contributed by atoms with Crippen LogP contribution < -0.4 is 5.73 Å². The van der Waals surface area contributed by atoms with Gasteiger partial charge in [0.05, 0.1) is 0 Å². The van der Waals surface area contributed by atoms with Crippen LogP contribution in [0, 0.1) is 5.92 Å². The lowest BCUT2D eigenvalue weighted by atomic mass is 9.82. The third-order valence-electron chi connectivity index (χ3n) is 1.67. The van der Waals surface area contributed by atoms with Crippen molar-refractivity contribution < 1.29 is 4.74 Å². The number of ether oxygens (including phenoxy) is 1. The maximum atomic E-state index is 5.54. The van der Waals surface area contributed by atoms with Gasteiger partial charge in [-0.05, 0) is 18.8 Å². The molecule has 1 aliphatic carbocycles. The van der Waals surface area contributed by atoms with Crippen LogP contribution in [0.2, 0.25) is 0 Å². The standard InChI is InChI=1S/C6H13NO/c1-8-4-5-2-6(7)3-5/h5-6H,2-4,7H2,1H3. The highest BCUT2D eigenvalue weighted by Crippen LogP contribution is 2.24. The minimum absolute atomic E-state index is 0.468. The molecule has 0 aliphatic heterocycles. The highest BCUT2D eigenvalue weighted by Gasteiger charge is 2.24. The quantitative estimate of drug-likeness (QED) is 0.564. The van der Waals surface area contributed by atoms with E-state index in [0.717, 1.165) is 25.4 Å². The van der Waals surface area contributed by atoms with Crippen LogP contribution in [0.5, 0.6) is 0 Å². The van der Waals surface area contributed by atoms with Crippen LogP contribution in [0.15, 0.2) is 0 Å². The predicted molar refractivity (Wildman–Crippen MR) is 32.6 cm³/mol. The van der Waals surface area contributed by atoms with Crippen LogP contribution in [0.4, 0.5) is 0 Å². The van der Waals surface area contributed by atoms with E-state index < -0.39 is 0 Å². The van der Waals surface area contributed by atoms with Gasteiger partial charge in [0, 0.05) is 19.8 Å². The Morgan fingerprint density at radius 1 is 1.62 bits per heavy atom. The molecule has 0 aromatic carbocycles. The summed E-state index contributed by atoms with van der Waals surface area (Å²) in [5.41, 5.74) is 5.54. The van der Waals surface area contributed by atoms with Gasteiger partial charge in [0.2, 0.25) is 0 Å². The molecule has 1 rings (SSSR count). The topological polar surface area (TPSA) is 35.2 Å². The van der Waals surface area contributed by atoms with Gasteiger partial charge in [-0.2, -0.15) is 0 Å². The molecule has 0 radical (unpaired) electrons. The zero-order chi connectivity index (χ0) is 5.98. The Bertz CT molecular complexity index is 66.2. The maximum Gasteiger partial charge on any atom is 0.0491 e. The fourth-order valence-corrected chi connectivity index (χ4v) is 1.16. The lowest BCUT2D eigenvalue weighted by molar-refractivity contribution is 0.0994. The van der Waals surface area contributed by atoms with Gasteiger partial charge < -0.3 is 10.5 Å². The fraction of sp³-hybridized carbons (Fsp3) is 1.00. The summed E-state index contributed by atoms with van der Waals surface area (Å²) in [7, 11) is 1.74. The molecule has 8 heavy (non-hydrogen) atoms. The van der Waals surface area contributed by atoms with Crippen molar-refractivity contribution in [2.24, 2.45) is 11.7 Å². The van der Waals surface area contributed by atoms with Crippen LogP contribution >= 0.6 is 0 Å². The molecule has 0 saturated heterocycles. The predicted octanol–water partition coefficient (Wildman–Crippen LogP) is 0.370. The smallest absolute Gasteiger partial charge is 0.0491 e. The van der Waals surface area contributed by atoms with E-state index in [1.165, 1.54) is 0 Å². The minimum Gasteiger partial charge on any atom is -0.384 e. The summed E-state index contributed by atoms with van der Waals surface area (Å²) in [5, 5.41) is 0. The van der Waals surface area contributed by atoms with E-state index in [9.17, 15) is 0 Å². The summed E-state index contributed by atoms with van der Waals surface area (Å²) >= 11 is 0. The molecule has 1 saturated carbocycles. The first-order chi connectivity index (χ1) is 3.83. The molecule has 2 nitrogen and oxygen atoms in total. The first-order valence-electron chi connectivity index (χ1n) is 3.07. The first kappa shape index (κ1) is 6.05. The van der Waals surface area contributed by atoms with Gasteiger partial charge in [0.1, 0.15) is 0 Å². The largest absolute Gasteiger partial charge is 0.384 e. The minimum atomic E-state index is 0.468. The SMILES string of the molecule is COCC1CC(N)C1. The molecule has 0 unspecified atom stereocenters. The van der Waals surface area contributed by atoms with Crippen molar-refractivity contribution in [2.75, 3.05) is 13.7 Å². The Kier molecular flexibility index (Phi) is 1.86. The van der Waals surface area contributed by atoms with Crippen LogP contribution in [0.25, 0.3) is 0 Å². The average Bonchev–Trinajstić information content (AvgIpc) is 1.64. The van der Waals surface area contributed by atoms with E-state index in [4.69, 9.17) is 10.5 Å². The summed E-state index contributed by atoms with van der Waals surface area (Å²) in [5.74, 6) is 0.759. The van der Waals surface area contributed by atoms with E-state index in [1.807, 2.05) is 0 Å². The molecule has 2 heteroatoms. The average molecular weight is 115 g/mol. The molecule has 1 aliphatic rings. The fourth-order valence-electron chi connectivity index (χ4n) is 1.16. The summed E-state index contributed by atoms with van der Waals surface area (Å²) < 4.78 is 4.94. The number of hydrogen-bond donors (Lipinski definition) is 1. The van der Waals surface area contributed by atoms with Crippen molar-refractivity contribution in [3.8, 4) is 0 Å². The molecule has 0 aromatic heterocycles. The Morgan fingerprint density at radius 3 is 2.62 bits per heavy atom. The van der Waals surface area contributed by atoms with E-state index >= 15 is 0 Å². The van der Waals surface area contributed by atoms with Gasteiger partial charge in [0.15, 0.2) is 0 Å². The van der Waals surface area contributed by atoms with Crippen LogP contribution in [-0.2, 0) is 4.74 Å². The van der Waals surface area contributed by atoms with Gasteiger partial charge in [-0.15, -0.1) is 0 Å². The van der Waals surface area contributed by atoms with Crippen molar-refractivity contribution in [1.82, 2.24) is 0 Å². The Balaban J connectivity index is 1.98. The van der Waals surface area contributed by atoms with Crippen molar-refractivity contribution in [3.05, 3.63) is 0 Å². The first-order valence-corrected chi connectivity index (χ1v) is 3.07. The lowest BCUT2D eigenvalue weighted by Crippen LogP contribution is -2.38. The van der Waals surface area contributed by atoms with Crippen molar-refractivity contribution in [3.63, 3.8) is 0 Å². The monoisotopic (exact) mass is 115 g/mol. The lowest BCUT2D eigenvalue weighted by Gasteiger charge is -2.31. The molecular weight excluding hydrogens is 102 g/mol. The van der Waals surface area contributed by atoms with Gasteiger partial charge in [0.25, 0.3) is 0 Å². The number of nitrogens with two attached hydrogens (primary N) is 1. The summed E-state index contributed by atoms with van der Waals surface area (Å²) in [4.78, 5) is 0. The third-order valence-corrected chi connectivity index (χ3v) is 1.67. The molecule has 0 atom stereocenters. The Morgan fingerprint density at radius 2 is 2.25 bits per heavy atom. The molecule has 0 bridgehead atoms. The van der Waals surface area contributed by atoms with Crippen LogP contribution in [-0.4, -0.2) is 19.8 Å². The Labute approximate surface area is 50.0 Å². The molecule has 0 amide bonds.